The summed E-state index contributed by atoms with van der Waals surface area (Å²) in [7, 11) is 0. The van der Waals surface area contributed by atoms with Gasteiger partial charge in [-0.05, 0) is 30.9 Å². The summed E-state index contributed by atoms with van der Waals surface area (Å²) in [4.78, 5) is 13.1. The van der Waals surface area contributed by atoms with E-state index in [1.54, 1.807) is 55.5 Å². The molecule has 0 aromatic heterocycles. The zero-order valence-corrected chi connectivity index (χ0v) is 17.6. The number of nitrogens with one attached hydrogen (secondary N) is 1. The number of hydrogen-bond donors (Lipinski definition) is 2. The molecule has 0 saturated carbocycles. The number of benzene rings is 2. The number of ether oxygens (including phenoxy) is 1. The fraction of sp³-hybridized carbons (Fsp3) is 0.273. The molecule has 150 valence electrons. The second-order valence-electron chi connectivity index (χ2n) is 6.58. The predicted molar refractivity (Wildman–Crippen MR) is 114 cm³/mol. The molecule has 29 heavy (non-hydrogen) atoms. The summed E-state index contributed by atoms with van der Waals surface area (Å²) in [5.41, 5.74) is -0.165. The molecule has 0 aliphatic carbocycles. The molecule has 1 aliphatic heterocycles. The lowest BCUT2D eigenvalue weighted by Gasteiger charge is -2.45. The van der Waals surface area contributed by atoms with Gasteiger partial charge >= 0.3 is 5.97 Å². The fourth-order valence-electron chi connectivity index (χ4n) is 3.66. The van der Waals surface area contributed by atoms with E-state index in [1.807, 2.05) is 12.3 Å². The number of nitriles is 1. The van der Waals surface area contributed by atoms with Gasteiger partial charge in [-0.3, -0.25) is 4.79 Å². The monoisotopic (exact) mass is 428 g/mol. The van der Waals surface area contributed by atoms with E-state index < -0.39 is 23.5 Å². The molecule has 0 amide bonds. The van der Waals surface area contributed by atoms with Crippen molar-refractivity contribution in [2.45, 2.75) is 18.6 Å². The van der Waals surface area contributed by atoms with Crippen molar-refractivity contribution < 1.29 is 14.6 Å². The van der Waals surface area contributed by atoms with Gasteiger partial charge in [-0.15, -0.1) is 11.8 Å². The molecular weight excluding hydrogens is 408 g/mol. The first-order chi connectivity index (χ1) is 14.0. The average molecular weight is 429 g/mol. The Morgan fingerprint density at radius 1 is 1.28 bits per heavy atom. The van der Waals surface area contributed by atoms with Gasteiger partial charge in [-0.2, -0.15) is 5.26 Å². The largest absolute Gasteiger partial charge is 0.466 e. The van der Waals surface area contributed by atoms with Crippen LogP contribution in [0.25, 0.3) is 0 Å². The second-order valence-corrected chi connectivity index (χ2v) is 7.83. The maximum Gasteiger partial charge on any atom is 0.315 e. The highest BCUT2D eigenvalue weighted by Crippen LogP contribution is 2.48. The van der Waals surface area contributed by atoms with Crippen molar-refractivity contribution in [3.8, 4) is 6.07 Å². The normalized spacial score (nSPS) is 23.8. The zero-order valence-electron chi connectivity index (χ0n) is 16.1. The van der Waals surface area contributed by atoms with Crippen LogP contribution in [0.1, 0.15) is 24.0 Å². The summed E-state index contributed by atoms with van der Waals surface area (Å²) < 4.78 is 5.33. The lowest BCUT2D eigenvalue weighted by Crippen LogP contribution is -2.56. The molecule has 0 fully saturated rings. The van der Waals surface area contributed by atoms with Crippen molar-refractivity contribution >= 4 is 29.3 Å². The van der Waals surface area contributed by atoms with E-state index in [1.165, 1.54) is 11.8 Å². The zero-order chi connectivity index (χ0) is 21.0. The Labute approximate surface area is 179 Å². The molecule has 3 rings (SSSR count). The molecule has 0 radical (unpaired) electrons. The highest BCUT2D eigenvalue weighted by Gasteiger charge is 2.54. The number of halogens is 1. The number of hydrogen-bond acceptors (Lipinski definition) is 6. The van der Waals surface area contributed by atoms with Gasteiger partial charge in [0.2, 0.25) is 0 Å². The average Bonchev–Trinajstić information content (AvgIpc) is 2.74. The molecule has 0 unspecified atom stereocenters. The van der Waals surface area contributed by atoms with Crippen LogP contribution < -0.4 is 5.32 Å². The van der Waals surface area contributed by atoms with E-state index in [0.717, 1.165) is 0 Å². The van der Waals surface area contributed by atoms with Gasteiger partial charge in [0.25, 0.3) is 0 Å². The minimum atomic E-state index is -1.75. The summed E-state index contributed by atoms with van der Waals surface area (Å²) in [5, 5.41) is 25.8. The van der Waals surface area contributed by atoms with Gasteiger partial charge < -0.3 is 15.2 Å². The van der Waals surface area contributed by atoms with Crippen LogP contribution in [0.4, 0.5) is 0 Å². The van der Waals surface area contributed by atoms with Crippen LogP contribution in [0.15, 0.2) is 65.2 Å². The Morgan fingerprint density at radius 3 is 2.48 bits per heavy atom. The van der Waals surface area contributed by atoms with Crippen LogP contribution in [-0.2, 0) is 15.3 Å². The van der Waals surface area contributed by atoms with Gasteiger partial charge in [0.1, 0.15) is 5.92 Å². The van der Waals surface area contributed by atoms with E-state index >= 15 is 0 Å². The second kappa shape index (κ2) is 8.91. The van der Waals surface area contributed by atoms with Gasteiger partial charge in [0.15, 0.2) is 5.72 Å². The smallest absolute Gasteiger partial charge is 0.315 e. The van der Waals surface area contributed by atoms with E-state index in [4.69, 9.17) is 16.3 Å². The Hall–Kier alpha value is -2.46. The van der Waals surface area contributed by atoms with E-state index in [-0.39, 0.29) is 6.61 Å². The standard InChI is InChI=1S/C22H21ClN2O3S/c1-3-28-21(26)19-18(14-9-11-16(23)12-10-14)17(13-24)20(29-2)25-22(19,27)15-7-5-4-6-8-15/h4-12,18-19,25,27H,3H2,1-2H3/t18-,19-,22-/m0/s1. The SMILES string of the molecule is CCOC(=O)[C@@H]1[C@@H](c2ccc(Cl)cc2)C(C#N)=C(SC)N[C@]1(O)c1ccccc1. The Balaban J connectivity index is 2.28. The van der Waals surface area contributed by atoms with Crippen molar-refractivity contribution in [2.24, 2.45) is 5.92 Å². The number of rotatable bonds is 5. The summed E-state index contributed by atoms with van der Waals surface area (Å²) in [6.07, 6.45) is 1.81. The summed E-state index contributed by atoms with van der Waals surface area (Å²) >= 11 is 7.35. The number of aliphatic hydroxyl groups is 1. The third-order valence-corrected chi connectivity index (χ3v) is 5.93. The Bertz CT molecular complexity index is 956. The fourth-order valence-corrected chi connectivity index (χ4v) is 4.44. The number of esters is 1. The first-order valence-corrected chi connectivity index (χ1v) is 10.7. The molecule has 0 spiro atoms. The van der Waals surface area contributed by atoms with E-state index in [0.29, 0.717) is 26.8 Å². The minimum absolute atomic E-state index is 0.161. The maximum atomic E-state index is 13.1. The first-order valence-electron chi connectivity index (χ1n) is 9.12. The van der Waals surface area contributed by atoms with E-state index in [9.17, 15) is 15.2 Å². The van der Waals surface area contributed by atoms with Crippen LogP contribution in [0.3, 0.4) is 0 Å². The number of nitrogens with zero attached hydrogens (tertiary/aromatic N) is 1. The van der Waals surface area contributed by atoms with Crippen LogP contribution in [0, 0.1) is 17.2 Å². The molecule has 0 saturated heterocycles. The van der Waals surface area contributed by atoms with Gasteiger partial charge in [0, 0.05) is 16.5 Å². The molecule has 0 bridgehead atoms. The predicted octanol–water partition coefficient (Wildman–Crippen LogP) is 4.15. The molecule has 1 heterocycles. The molecule has 2 aromatic rings. The molecule has 2 aromatic carbocycles. The van der Waals surface area contributed by atoms with Crippen LogP contribution in [0.2, 0.25) is 5.02 Å². The van der Waals surface area contributed by atoms with Gasteiger partial charge in [-0.25, -0.2) is 0 Å². The lowest BCUT2D eigenvalue weighted by molar-refractivity contribution is -0.164. The molecule has 1 aliphatic rings. The van der Waals surface area contributed by atoms with Gasteiger partial charge in [0.05, 0.1) is 23.3 Å². The third kappa shape index (κ3) is 3.99. The Morgan fingerprint density at radius 2 is 1.93 bits per heavy atom. The van der Waals surface area contributed by atoms with E-state index in [2.05, 4.69) is 11.4 Å². The van der Waals surface area contributed by atoms with Crippen molar-refractivity contribution in [1.82, 2.24) is 5.32 Å². The summed E-state index contributed by atoms with van der Waals surface area (Å²) in [5.74, 6) is -2.36. The number of carbonyl (C=O) groups is 1. The van der Waals surface area contributed by atoms with Crippen LogP contribution in [0.5, 0.6) is 0 Å². The summed E-state index contributed by atoms with van der Waals surface area (Å²) in [6.45, 7) is 1.87. The molecule has 2 N–H and O–H groups in total. The molecule has 5 nitrogen and oxygen atoms in total. The highest BCUT2D eigenvalue weighted by atomic mass is 35.5. The van der Waals surface area contributed by atoms with Gasteiger partial charge in [-0.1, -0.05) is 54.1 Å². The van der Waals surface area contributed by atoms with Crippen LogP contribution in [-0.4, -0.2) is 23.9 Å². The maximum absolute atomic E-state index is 13.1. The Kier molecular flexibility index (Phi) is 6.53. The molecule has 7 heteroatoms. The van der Waals surface area contributed by atoms with Crippen LogP contribution >= 0.6 is 23.4 Å². The van der Waals surface area contributed by atoms with Crippen molar-refractivity contribution in [2.75, 3.05) is 12.9 Å². The molecular formula is C22H21ClN2O3S. The number of allylic oxidation sites excluding steroid dienone is 1. The van der Waals surface area contributed by atoms with Crippen molar-refractivity contribution in [1.29, 1.82) is 5.26 Å². The number of carbonyl (C=O) groups excluding carboxylic acids is 1. The molecule has 3 atom stereocenters. The first kappa shape index (κ1) is 21.3. The third-order valence-electron chi connectivity index (χ3n) is 4.95. The minimum Gasteiger partial charge on any atom is -0.466 e. The topological polar surface area (TPSA) is 82.4 Å². The number of thioether (sulfide) groups is 1. The summed E-state index contributed by atoms with van der Waals surface area (Å²) in [6, 6.07) is 18.1. The highest BCUT2D eigenvalue weighted by molar-refractivity contribution is 8.02. The van der Waals surface area contributed by atoms with Crippen molar-refractivity contribution in [3.05, 3.63) is 81.3 Å². The lowest BCUT2D eigenvalue weighted by atomic mass is 9.71. The quantitative estimate of drug-likeness (QED) is 0.696. The van der Waals surface area contributed by atoms with Crippen molar-refractivity contribution in [3.63, 3.8) is 0 Å².